The van der Waals surface area contributed by atoms with Crippen LogP contribution in [0, 0.1) is 11.3 Å². The highest BCUT2D eigenvalue weighted by molar-refractivity contribution is 8.01. The van der Waals surface area contributed by atoms with Gasteiger partial charge in [-0.25, -0.2) is 0 Å². The van der Waals surface area contributed by atoms with Crippen LogP contribution in [0.2, 0.25) is 5.15 Å². The summed E-state index contributed by atoms with van der Waals surface area (Å²) in [5.41, 5.74) is 0.325. The number of halogens is 1. The van der Waals surface area contributed by atoms with Gasteiger partial charge in [-0.1, -0.05) is 11.6 Å². The third kappa shape index (κ3) is 2.61. The van der Waals surface area contributed by atoms with Gasteiger partial charge in [0.05, 0.1) is 12.9 Å². The van der Waals surface area contributed by atoms with E-state index < -0.39 is 0 Å². The number of nitriles is 1. The van der Waals surface area contributed by atoms with Gasteiger partial charge in [-0.05, 0) is 11.5 Å². The molecule has 0 unspecified atom stereocenters. The van der Waals surface area contributed by atoms with Crippen LogP contribution in [-0.4, -0.2) is 23.2 Å². The Bertz CT molecular complexity index is 386. The van der Waals surface area contributed by atoms with Gasteiger partial charge in [0.15, 0.2) is 5.15 Å². The van der Waals surface area contributed by atoms with E-state index in [-0.39, 0.29) is 16.9 Å². The summed E-state index contributed by atoms with van der Waals surface area (Å²) in [5.74, 6) is -0.188. The van der Waals surface area contributed by atoms with Gasteiger partial charge in [0, 0.05) is 0 Å². The number of esters is 1. The van der Waals surface area contributed by atoms with Gasteiger partial charge in [0.25, 0.3) is 0 Å². The zero-order valence-corrected chi connectivity index (χ0v) is 9.50. The number of nitrogens with zero attached hydrogens (tertiary/aromatic N) is 2. The first kappa shape index (κ1) is 11.3. The minimum Gasteiger partial charge on any atom is -0.468 e. The molecule has 7 heteroatoms. The number of rotatable bonds is 3. The van der Waals surface area contributed by atoms with Crippen molar-refractivity contribution in [2.75, 3.05) is 12.9 Å². The molecule has 0 fully saturated rings. The number of hydrogen-bond acceptors (Lipinski definition) is 6. The predicted octanol–water partition coefficient (Wildman–Crippen LogP) is 1.93. The van der Waals surface area contributed by atoms with Gasteiger partial charge >= 0.3 is 5.97 Å². The molecule has 14 heavy (non-hydrogen) atoms. The van der Waals surface area contributed by atoms with Crippen LogP contribution in [0.15, 0.2) is 4.21 Å². The van der Waals surface area contributed by atoms with E-state index in [1.54, 1.807) is 0 Å². The lowest BCUT2D eigenvalue weighted by molar-refractivity contribution is -0.137. The molecular weight excluding hydrogens is 244 g/mol. The third-order valence-electron chi connectivity index (χ3n) is 1.28. The second kappa shape index (κ2) is 5.20. The second-order valence-electron chi connectivity index (χ2n) is 2.11. The fourth-order valence-electron chi connectivity index (χ4n) is 0.631. The van der Waals surface area contributed by atoms with Crippen molar-refractivity contribution in [2.24, 2.45) is 0 Å². The molecule has 0 aliphatic rings. The summed E-state index contributed by atoms with van der Waals surface area (Å²) in [7, 11) is 1.31. The van der Waals surface area contributed by atoms with Crippen molar-refractivity contribution in [3.8, 4) is 6.07 Å². The number of ether oxygens (including phenoxy) is 1. The molecule has 0 atom stereocenters. The summed E-state index contributed by atoms with van der Waals surface area (Å²) in [6.45, 7) is 0. The molecule has 0 aliphatic carbocycles. The van der Waals surface area contributed by atoms with Crippen molar-refractivity contribution in [3.63, 3.8) is 0 Å². The Morgan fingerprint density at radius 2 is 2.57 bits per heavy atom. The summed E-state index contributed by atoms with van der Waals surface area (Å²) >= 11 is 7.95. The number of methoxy groups -OCH3 is 1. The lowest BCUT2D eigenvalue weighted by Crippen LogP contribution is -2.02. The van der Waals surface area contributed by atoms with Crippen molar-refractivity contribution in [1.82, 2.24) is 4.37 Å². The van der Waals surface area contributed by atoms with E-state index in [2.05, 4.69) is 9.11 Å². The first-order valence-electron chi connectivity index (χ1n) is 3.44. The Morgan fingerprint density at radius 1 is 1.86 bits per heavy atom. The van der Waals surface area contributed by atoms with Crippen molar-refractivity contribution in [3.05, 3.63) is 10.7 Å². The van der Waals surface area contributed by atoms with Crippen molar-refractivity contribution in [2.45, 2.75) is 4.21 Å². The fourth-order valence-corrected chi connectivity index (χ4v) is 2.62. The number of aromatic nitrogens is 1. The molecule has 0 aromatic carbocycles. The van der Waals surface area contributed by atoms with E-state index in [0.29, 0.717) is 9.77 Å². The Morgan fingerprint density at radius 3 is 3.14 bits per heavy atom. The Labute approximate surface area is 94.0 Å². The van der Waals surface area contributed by atoms with Crippen molar-refractivity contribution in [1.29, 1.82) is 5.26 Å². The monoisotopic (exact) mass is 248 g/mol. The minimum atomic E-state index is -0.344. The molecule has 0 N–H and O–H groups in total. The molecule has 0 amide bonds. The molecule has 1 heterocycles. The van der Waals surface area contributed by atoms with E-state index in [4.69, 9.17) is 16.9 Å². The molecule has 0 saturated carbocycles. The van der Waals surface area contributed by atoms with E-state index in [1.165, 1.54) is 18.9 Å². The maximum atomic E-state index is 10.8. The van der Waals surface area contributed by atoms with Crippen LogP contribution in [0.3, 0.4) is 0 Å². The molecular formula is C7H5ClN2O2S2. The van der Waals surface area contributed by atoms with Crippen LogP contribution in [0.1, 0.15) is 5.56 Å². The van der Waals surface area contributed by atoms with Gasteiger partial charge in [-0.2, -0.15) is 9.64 Å². The fraction of sp³-hybridized carbons (Fsp3) is 0.286. The van der Waals surface area contributed by atoms with Crippen LogP contribution >= 0.6 is 34.9 Å². The van der Waals surface area contributed by atoms with Crippen LogP contribution in [0.5, 0.6) is 0 Å². The summed E-state index contributed by atoms with van der Waals surface area (Å²) in [5, 5.41) is 8.90. The highest BCUT2D eigenvalue weighted by Crippen LogP contribution is 2.31. The predicted molar refractivity (Wildman–Crippen MR) is 54.6 cm³/mol. The third-order valence-corrected chi connectivity index (χ3v) is 3.72. The maximum Gasteiger partial charge on any atom is 0.316 e. The molecule has 0 radical (unpaired) electrons. The lowest BCUT2D eigenvalue weighted by Gasteiger charge is -1.96. The smallest absolute Gasteiger partial charge is 0.316 e. The molecule has 74 valence electrons. The van der Waals surface area contributed by atoms with Gasteiger partial charge in [-0.3, -0.25) is 4.79 Å². The van der Waals surface area contributed by atoms with Gasteiger partial charge in [-0.15, -0.1) is 11.8 Å². The molecule has 0 spiro atoms. The van der Waals surface area contributed by atoms with E-state index >= 15 is 0 Å². The summed E-state index contributed by atoms with van der Waals surface area (Å²) < 4.78 is 8.91. The zero-order chi connectivity index (χ0) is 10.6. The number of hydrogen-bond donors (Lipinski definition) is 0. The Balaban J connectivity index is 2.68. The topological polar surface area (TPSA) is 63.0 Å². The highest BCUT2D eigenvalue weighted by Gasteiger charge is 2.13. The SMILES string of the molecule is COC(=O)CSc1snc(Cl)c1C#N. The van der Waals surface area contributed by atoms with Gasteiger partial charge in [0.2, 0.25) is 0 Å². The van der Waals surface area contributed by atoms with Crippen molar-refractivity contribution >= 4 is 40.9 Å². The molecule has 1 aromatic heterocycles. The summed E-state index contributed by atoms with van der Waals surface area (Å²) in [6.07, 6.45) is 0. The number of carbonyl (C=O) groups is 1. The molecule has 4 nitrogen and oxygen atoms in total. The van der Waals surface area contributed by atoms with E-state index in [1.807, 2.05) is 6.07 Å². The standard InChI is InChI=1S/C7H5ClN2O2S2/c1-12-5(11)3-13-7-4(2-9)6(8)10-14-7/h3H2,1H3. The van der Waals surface area contributed by atoms with E-state index in [0.717, 1.165) is 11.5 Å². The normalized spacial score (nSPS) is 9.50. The van der Waals surface area contributed by atoms with E-state index in [9.17, 15) is 4.79 Å². The zero-order valence-electron chi connectivity index (χ0n) is 7.11. The van der Waals surface area contributed by atoms with Gasteiger partial charge < -0.3 is 4.74 Å². The average molecular weight is 249 g/mol. The summed E-state index contributed by atoms with van der Waals surface area (Å²) in [4.78, 5) is 10.8. The van der Waals surface area contributed by atoms with Crippen LogP contribution in [0.25, 0.3) is 0 Å². The largest absolute Gasteiger partial charge is 0.468 e. The number of carbonyl (C=O) groups excluding carboxylic acids is 1. The Hall–Kier alpha value is -0.770. The van der Waals surface area contributed by atoms with Crippen molar-refractivity contribution < 1.29 is 9.53 Å². The highest BCUT2D eigenvalue weighted by atomic mass is 35.5. The average Bonchev–Trinajstić information content (AvgIpc) is 2.55. The van der Waals surface area contributed by atoms with Crippen LogP contribution in [0.4, 0.5) is 0 Å². The van der Waals surface area contributed by atoms with Crippen LogP contribution < -0.4 is 0 Å². The first-order valence-corrected chi connectivity index (χ1v) is 5.57. The Kier molecular flexibility index (Phi) is 4.20. The summed E-state index contributed by atoms with van der Waals surface area (Å²) in [6, 6.07) is 1.93. The minimum absolute atomic E-state index is 0.156. The molecule has 1 rings (SSSR count). The molecule has 0 bridgehead atoms. The molecule has 0 saturated heterocycles. The van der Waals surface area contributed by atoms with Crippen LogP contribution in [-0.2, 0) is 9.53 Å². The lowest BCUT2D eigenvalue weighted by atomic mass is 10.4. The quantitative estimate of drug-likeness (QED) is 0.604. The molecule has 0 aliphatic heterocycles. The first-order chi connectivity index (χ1) is 6.69. The second-order valence-corrected chi connectivity index (χ2v) is 4.49. The van der Waals surface area contributed by atoms with Gasteiger partial charge in [0.1, 0.15) is 15.8 Å². The maximum absolute atomic E-state index is 10.8. The molecule has 1 aromatic rings. The number of thioether (sulfide) groups is 1.